The smallest absolute Gasteiger partial charge is 0.255 e. The molecule has 2 aromatic carbocycles. The van der Waals surface area contributed by atoms with Crippen LogP contribution in [0.15, 0.2) is 47.4 Å². The van der Waals surface area contributed by atoms with Gasteiger partial charge in [0.05, 0.1) is 18.2 Å². The lowest BCUT2D eigenvalue weighted by Gasteiger charge is -2.26. The number of benzene rings is 2. The van der Waals surface area contributed by atoms with Crippen molar-refractivity contribution in [2.75, 3.05) is 31.6 Å². The van der Waals surface area contributed by atoms with Crippen molar-refractivity contribution in [1.82, 2.24) is 4.31 Å². The fourth-order valence-corrected chi connectivity index (χ4v) is 5.12. The van der Waals surface area contributed by atoms with Gasteiger partial charge in [0, 0.05) is 24.3 Å². The highest BCUT2D eigenvalue weighted by Gasteiger charge is 2.29. The van der Waals surface area contributed by atoms with Crippen molar-refractivity contribution in [2.45, 2.75) is 31.1 Å². The highest BCUT2D eigenvalue weighted by atomic mass is 35.5. The molecule has 0 atom stereocenters. The van der Waals surface area contributed by atoms with Gasteiger partial charge in [-0.15, -0.1) is 0 Å². The molecule has 2 aromatic rings. The molecule has 8 heteroatoms. The number of carbonyl (C=O) groups excluding carboxylic acids is 1. The number of ether oxygens (including phenoxy) is 1. The molecule has 29 heavy (non-hydrogen) atoms. The summed E-state index contributed by atoms with van der Waals surface area (Å²) < 4.78 is 32.5. The van der Waals surface area contributed by atoms with E-state index in [0.29, 0.717) is 18.9 Å². The van der Waals surface area contributed by atoms with Gasteiger partial charge in [-0.05, 0) is 35.2 Å². The van der Waals surface area contributed by atoms with Crippen molar-refractivity contribution in [3.8, 4) is 0 Å². The summed E-state index contributed by atoms with van der Waals surface area (Å²) >= 11 is 6.18. The number of nitrogens with zero attached hydrogens (tertiary/aromatic N) is 1. The minimum Gasteiger partial charge on any atom is -0.379 e. The lowest BCUT2D eigenvalue weighted by atomic mass is 9.86. The quantitative estimate of drug-likeness (QED) is 0.788. The van der Waals surface area contributed by atoms with Crippen molar-refractivity contribution in [3.05, 3.63) is 58.6 Å². The molecule has 1 N–H and O–H groups in total. The van der Waals surface area contributed by atoms with E-state index < -0.39 is 15.9 Å². The standard InChI is InChI=1S/C21H25ClN2O4S/c1-21(2,3)16-6-4-5-7-18(16)23-20(25)15-8-9-17(22)19(14-15)29(26,27)24-10-12-28-13-11-24/h4-9,14H,10-13H2,1-3H3,(H,23,25). The minimum absolute atomic E-state index is 0.0715. The summed E-state index contributed by atoms with van der Waals surface area (Å²) in [6.07, 6.45) is 0. The zero-order chi connectivity index (χ0) is 21.2. The van der Waals surface area contributed by atoms with Crippen molar-refractivity contribution in [1.29, 1.82) is 0 Å². The molecule has 0 aliphatic carbocycles. The Hall–Kier alpha value is -1.93. The Morgan fingerprint density at radius 2 is 1.76 bits per heavy atom. The molecule has 6 nitrogen and oxygen atoms in total. The third-order valence-electron chi connectivity index (χ3n) is 4.76. The van der Waals surface area contributed by atoms with Gasteiger partial charge >= 0.3 is 0 Å². The van der Waals surface area contributed by atoms with Crippen LogP contribution in [0.4, 0.5) is 5.69 Å². The Bertz CT molecular complexity index is 1010. The fourth-order valence-electron chi connectivity index (χ4n) is 3.21. The van der Waals surface area contributed by atoms with Crippen molar-refractivity contribution >= 4 is 33.2 Å². The zero-order valence-corrected chi connectivity index (χ0v) is 18.3. The van der Waals surface area contributed by atoms with Crippen LogP contribution in [0.1, 0.15) is 36.7 Å². The number of carbonyl (C=O) groups is 1. The molecule has 0 aromatic heterocycles. The van der Waals surface area contributed by atoms with E-state index in [1.165, 1.54) is 22.5 Å². The number of hydrogen-bond donors (Lipinski definition) is 1. The van der Waals surface area contributed by atoms with Crippen LogP contribution in [0.3, 0.4) is 0 Å². The molecule has 0 spiro atoms. The second kappa shape index (κ2) is 8.44. The van der Waals surface area contributed by atoms with E-state index in [4.69, 9.17) is 16.3 Å². The average Bonchev–Trinajstić information content (AvgIpc) is 2.68. The van der Waals surface area contributed by atoms with Gasteiger partial charge in [0.2, 0.25) is 10.0 Å². The molecule has 0 saturated carbocycles. The minimum atomic E-state index is -3.81. The molecule has 156 valence electrons. The monoisotopic (exact) mass is 436 g/mol. The number of anilines is 1. The molecule has 1 aliphatic heterocycles. The number of rotatable bonds is 4. The largest absolute Gasteiger partial charge is 0.379 e. The van der Waals surface area contributed by atoms with E-state index in [1.807, 2.05) is 24.3 Å². The van der Waals surface area contributed by atoms with Crippen molar-refractivity contribution in [2.24, 2.45) is 0 Å². The first kappa shape index (κ1) is 21.8. The number of sulfonamides is 1. The molecule has 1 fully saturated rings. The van der Waals surface area contributed by atoms with E-state index in [2.05, 4.69) is 26.1 Å². The number of hydrogen-bond acceptors (Lipinski definition) is 4. The predicted molar refractivity (Wildman–Crippen MR) is 114 cm³/mol. The molecule has 0 radical (unpaired) electrons. The average molecular weight is 437 g/mol. The molecule has 1 aliphatic rings. The Labute approximate surface area is 176 Å². The van der Waals surface area contributed by atoms with Gasteiger partial charge in [-0.25, -0.2) is 8.42 Å². The molecule has 3 rings (SSSR count). The number of para-hydroxylation sites is 1. The summed E-state index contributed by atoms with van der Waals surface area (Å²) in [6, 6.07) is 11.9. The summed E-state index contributed by atoms with van der Waals surface area (Å²) in [5.41, 5.74) is 1.75. The highest BCUT2D eigenvalue weighted by molar-refractivity contribution is 7.89. The maximum absolute atomic E-state index is 13.0. The first-order chi connectivity index (χ1) is 13.6. The van der Waals surface area contributed by atoms with Gasteiger partial charge in [0.15, 0.2) is 0 Å². The SMILES string of the molecule is CC(C)(C)c1ccccc1NC(=O)c1ccc(Cl)c(S(=O)(=O)N2CCOCC2)c1. The van der Waals surface area contributed by atoms with Gasteiger partial charge in [-0.1, -0.05) is 50.6 Å². The third kappa shape index (κ3) is 4.80. The summed E-state index contributed by atoms with van der Waals surface area (Å²) in [5, 5.41) is 2.99. The number of halogens is 1. The molecular formula is C21H25ClN2O4S. The lowest BCUT2D eigenvalue weighted by molar-refractivity contribution is 0.0730. The molecule has 1 amide bonds. The first-order valence-electron chi connectivity index (χ1n) is 9.39. The van der Waals surface area contributed by atoms with E-state index in [0.717, 1.165) is 5.56 Å². The van der Waals surface area contributed by atoms with E-state index >= 15 is 0 Å². The van der Waals surface area contributed by atoms with Crippen LogP contribution >= 0.6 is 11.6 Å². The predicted octanol–water partition coefficient (Wildman–Crippen LogP) is 3.91. The fraction of sp³-hybridized carbons (Fsp3) is 0.381. The second-order valence-electron chi connectivity index (χ2n) is 7.91. The van der Waals surface area contributed by atoms with Crippen LogP contribution in [0.25, 0.3) is 0 Å². The molecule has 0 bridgehead atoms. The normalized spacial score (nSPS) is 15.9. The zero-order valence-electron chi connectivity index (χ0n) is 16.7. The Morgan fingerprint density at radius 3 is 2.41 bits per heavy atom. The van der Waals surface area contributed by atoms with Crippen LogP contribution in [0.2, 0.25) is 5.02 Å². The second-order valence-corrected chi connectivity index (χ2v) is 10.2. The summed E-state index contributed by atoms with van der Waals surface area (Å²) in [5.74, 6) is -0.392. The molecule has 1 heterocycles. The van der Waals surface area contributed by atoms with Crippen LogP contribution in [-0.2, 0) is 20.2 Å². The van der Waals surface area contributed by atoms with Gasteiger partial charge in [-0.3, -0.25) is 4.79 Å². The van der Waals surface area contributed by atoms with Crippen LogP contribution in [-0.4, -0.2) is 44.9 Å². The first-order valence-corrected chi connectivity index (χ1v) is 11.2. The summed E-state index contributed by atoms with van der Waals surface area (Å²) in [6.45, 7) is 7.37. The number of amides is 1. The topological polar surface area (TPSA) is 75.7 Å². The van der Waals surface area contributed by atoms with Crippen LogP contribution in [0, 0.1) is 0 Å². The van der Waals surface area contributed by atoms with Gasteiger partial charge in [-0.2, -0.15) is 4.31 Å². The summed E-state index contributed by atoms with van der Waals surface area (Å²) in [4.78, 5) is 12.8. The molecule has 0 unspecified atom stereocenters. The summed E-state index contributed by atoms with van der Waals surface area (Å²) in [7, 11) is -3.81. The van der Waals surface area contributed by atoms with Crippen molar-refractivity contribution < 1.29 is 17.9 Å². The Morgan fingerprint density at radius 1 is 1.10 bits per heavy atom. The van der Waals surface area contributed by atoms with Crippen LogP contribution in [0.5, 0.6) is 0 Å². The Balaban J connectivity index is 1.91. The lowest BCUT2D eigenvalue weighted by Crippen LogP contribution is -2.40. The third-order valence-corrected chi connectivity index (χ3v) is 7.14. The maximum atomic E-state index is 13.0. The van der Waals surface area contributed by atoms with Crippen molar-refractivity contribution in [3.63, 3.8) is 0 Å². The number of morpholine rings is 1. The van der Waals surface area contributed by atoms with Gasteiger partial charge in [0.25, 0.3) is 5.91 Å². The van der Waals surface area contributed by atoms with Gasteiger partial charge < -0.3 is 10.1 Å². The molecular weight excluding hydrogens is 412 g/mol. The van der Waals surface area contributed by atoms with E-state index in [9.17, 15) is 13.2 Å². The maximum Gasteiger partial charge on any atom is 0.255 e. The van der Waals surface area contributed by atoms with E-state index in [1.54, 1.807) is 0 Å². The Kier molecular flexibility index (Phi) is 6.33. The highest BCUT2D eigenvalue weighted by Crippen LogP contribution is 2.30. The van der Waals surface area contributed by atoms with Crippen LogP contribution < -0.4 is 5.32 Å². The number of nitrogens with one attached hydrogen (secondary N) is 1. The molecule has 1 saturated heterocycles. The van der Waals surface area contributed by atoms with E-state index in [-0.39, 0.29) is 34.0 Å². The van der Waals surface area contributed by atoms with Gasteiger partial charge in [0.1, 0.15) is 4.90 Å².